The van der Waals surface area contributed by atoms with Gasteiger partial charge in [0, 0.05) is 23.8 Å². The molecule has 1 amide bonds. The normalized spacial score (nSPS) is 19.8. The topological polar surface area (TPSA) is 70.0 Å². The number of hydrogen-bond acceptors (Lipinski definition) is 4. The number of carbonyl (C=O) groups excluding carboxylic acids is 1. The lowest BCUT2D eigenvalue weighted by Crippen LogP contribution is -2.37. The fourth-order valence-corrected chi connectivity index (χ4v) is 5.31. The zero-order chi connectivity index (χ0) is 20.1. The predicted octanol–water partition coefficient (Wildman–Crippen LogP) is 3.62. The molecule has 2 aromatic carbocycles. The van der Waals surface area contributed by atoms with Gasteiger partial charge in [-0.15, -0.1) is 4.40 Å². The van der Waals surface area contributed by atoms with Crippen LogP contribution in [-0.4, -0.2) is 32.7 Å². The highest BCUT2D eigenvalue weighted by molar-refractivity contribution is 7.90. The van der Waals surface area contributed by atoms with E-state index < -0.39 is 10.0 Å². The van der Waals surface area contributed by atoms with Gasteiger partial charge in [-0.2, -0.15) is 8.42 Å². The fraction of sp³-hybridized carbons (Fsp3) is 0.333. The SMILES string of the molecule is CCCN1C(C)=NS(=O)(=O)c2cc(C(=O)N3c4ccccc4C[C@H]3C)ccc21. The molecule has 0 spiro atoms. The Morgan fingerprint density at radius 3 is 2.68 bits per heavy atom. The highest BCUT2D eigenvalue weighted by atomic mass is 32.2. The van der Waals surface area contributed by atoms with Gasteiger partial charge < -0.3 is 9.80 Å². The lowest BCUT2D eigenvalue weighted by Gasteiger charge is -2.29. The second-order valence-electron chi connectivity index (χ2n) is 7.30. The minimum atomic E-state index is -3.82. The first kappa shape index (κ1) is 18.7. The quantitative estimate of drug-likeness (QED) is 0.793. The van der Waals surface area contributed by atoms with E-state index in [1.807, 2.05) is 43.0 Å². The molecule has 0 fully saturated rings. The number of sulfonamides is 1. The molecule has 0 bridgehead atoms. The number of anilines is 2. The molecule has 2 aliphatic heterocycles. The van der Waals surface area contributed by atoms with Crippen LogP contribution in [0.3, 0.4) is 0 Å². The molecule has 146 valence electrons. The van der Waals surface area contributed by atoms with Gasteiger partial charge in [-0.05, 0) is 56.5 Å². The Kier molecular flexibility index (Phi) is 4.50. The summed E-state index contributed by atoms with van der Waals surface area (Å²) in [6, 6.07) is 12.8. The number of amidine groups is 1. The van der Waals surface area contributed by atoms with Crippen LogP contribution in [0.2, 0.25) is 0 Å². The lowest BCUT2D eigenvalue weighted by atomic mass is 10.1. The van der Waals surface area contributed by atoms with Crippen LogP contribution in [0.15, 0.2) is 51.8 Å². The number of hydrogen-bond donors (Lipinski definition) is 0. The molecule has 6 nitrogen and oxygen atoms in total. The molecule has 0 aromatic heterocycles. The van der Waals surface area contributed by atoms with E-state index in [9.17, 15) is 13.2 Å². The highest BCUT2D eigenvalue weighted by Gasteiger charge is 2.34. The number of nitrogens with zero attached hydrogens (tertiary/aromatic N) is 3. The van der Waals surface area contributed by atoms with Crippen LogP contribution in [0.25, 0.3) is 0 Å². The van der Waals surface area contributed by atoms with Gasteiger partial charge in [-0.25, -0.2) is 0 Å². The van der Waals surface area contributed by atoms with Crippen LogP contribution >= 0.6 is 0 Å². The van der Waals surface area contributed by atoms with Gasteiger partial charge >= 0.3 is 0 Å². The summed E-state index contributed by atoms with van der Waals surface area (Å²) in [4.78, 5) is 17.0. The maximum Gasteiger partial charge on any atom is 0.286 e. The molecular formula is C21H23N3O3S. The number of amides is 1. The Bertz CT molecular complexity index is 1090. The number of fused-ring (bicyclic) bond motifs is 2. The van der Waals surface area contributed by atoms with Crippen molar-refractivity contribution in [3.63, 3.8) is 0 Å². The van der Waals surface area contributed by atoms with E-state index in [0.717, 1.165) is 24.1 Å². The number of carbonyl (C=O) groups is 1. The van der Waals surface area contributed by atoms with E-state index in [1.165, 1.54) is 6.07 Å². The van der Waals surface area contributed by atoms with E-state index in [1.54, 1.807) is 24.0 Å². The third kappa shape index (κ3) is 2.90. The Morgan fingerprint density at radius 1 is 1.18 bits per heavy atom. The van der Waals surface area contributed by atoms with Gasteiger partial charge in [-0.1, -0.05) is 25.1 Å². The van der Waals surface area contributed by atoms with Gasteiger partial charge in [0.25, 0.3) is 15.9 Å². The molecule has 0 N–H and O–H groups in total. The average molecular weight is 398 g/mol. The van der Waals surface area contributed by atoms with E-state index in [-0.39, 0.29) is 16.8 Å². The molecule has 7 heteroatoms. The molecule has 0 aliphatic carbocycles. The maximum absolute atomic E-state index is 13.3. The molecule has 0 saturated heterocycles. The molecule has 2 aliphatic rings. The maximum atomic E-state index is 13.3. The zero-order valence-corrected chi connectivity index (χ0v) is 17.0. The molecule has 0 saturated carbocycles. The summed E-state index contributed by atoms with van der Waals surface area (Å²) >= 11 is 0. The first-order chi connectivity index (χ1) is 13.3. The van der Waals surface area contributed by atoms with E-state index >= 15 is 0 Å². The third-order valence-corrected chi connectivity index (χ3v) is 6.68. The largest absolute Gasteiger partial charge is 0.328 e. The van der Waals surface area contributed by atoms with E-state index in [4.69, 9.17) is 0 Å². The van der Waals surface area contributed by atoms with Gasteiger partial charge in [0.1, 0.15) is 10.7 Å². The van der Waals surface area contributed by atoms with Crippen LogP contribution in [0.5, 0.6) is 0 Å². The number of para-hydroxylation sites is 1. The second-order valence-corrected chi connectivity index (χ2v) is 8.88. The van der Waals surface area contributed by atoms with Crippen molar-refractivity contribution in [1.82, 2.24) is 0 Å². The predicted molar refractivity (Wildman–Crippen MR) is 111 cm³/mol. The summed E-state index contributed by atoms with van der Waals surface area (Å²) in [7, 11) is -3.82. The summed E-state index contributed by atoms with van der Waals surface area (Å²) in [5.41, 5.74) is 2.96. The summed E-state index contributed by atoms with van der Waals surface area (Å²) in [5.74, 6) is 0.263. The van der Waals surface area contributed by atoms with Crippen molar-refractivity contribution in [2.45, 2.75) is 44.6 Å². The Balaban J connectivity index is 1.77. The summed E-state index contributed by atoms with van der Waals surface area (Å²) in [5, 5.41) is 0. The van der Waals surface area contributed by atoms with Gasteiger partial charge in [0.15, 0.2) is 0 Å². The van der Waals surface area contributed by atoms with Crippen molar-refractivity contribution in [2.75, 3.05) is 16.3 Å². The van der Waals surface area contributed by atoms with Crippen LogP contribution < -0.4 is 9.80 Å². The minimum Gasteiger partial charge on any atom is -0.328 e. The van der Waals surface area contributed by atoms with E-state index in [0.29, 0.717) is 23.6 Å². The third-order valence-electron chi connectivity index (χ3n) is 5.29. The van der Waals surface area contributed by atoms with Crippen LogP contribution in [0.4, 0.5) is 11.4 Å². The summed E-state index contributed by atoms with van der Waals surface area (Å²) in [6.07, 6.45) is 1.65. The molecule has 1 atom stereocenters. The van der Waals surface area contributed by atoms with Gasteiger partial charge in [0.2, 0.25) is 0 Å². The van der Waals surface area contributed by atoms with Crippen molar-refractivity contribution in [1.29, 1.82) is 0 Å². The Morgan fingerprint density at radius 2 is 1.93 bits per heavy atom. The molecule has 0 radical (unpaired) electrons. The highest BCUT2D eigenvalue weighted by Crippen LogP contribution is 2.36. The zero-order valence-electron chi connectivity index (χ0n) is 16.2. The Hall–Kier alpha value is -2.67. The minimum absolute atomic E-state index is 0.0226. The first-order valence-electron chi connectivity index (χ1n) is 9.48. The van der Waals surface area contributed by atoms with Crippen LogP contribution in [-0.2, 0) is 16.4 Å². The van der Waals surface area contributed by atoms with Gasteiger partial charge in [-0.3, -0.25) is 4.79 Å². The summed E-state index contributed by atoms with van der Waals surface area (Å²) < 4.78 is 29.2. The van der Waals surface area contributed by atoms with Crippen LogP contribution in [0.1, 0.15) is 43.1 Å². The molecule has 28 heavy (non-hydrogen) atoms. The number of benzene rings is 2. The van der Waals surface area contributed by atoms with Gasteiger partial charge in [0.05, 0.1) is 5.69 Å². The molecular weight excluding hydrogens is 374 g/mol. The standard InChI is InChI=1S/C21H23N3O3S/c1-4-11-23-15(3)22-28(26,27)20-13-17(9-10-19(20)23)21(25)24-14(2)12-16-7-5-6-8-18(16)24/h5-10,13-14H,4,11-12H2,1-3H3/t14-/m1/s1. The second kappa shape index (κ2) is 6.74. The van der Waals surface area contributed by atoms with E-state index in [2.05, 4.69) is 4.40 Å². The van der Waals surface area contributed by atoms with Crippen molar-refractivity contribution in [3.8, 4) is 0 Å². The molecule has 2 heterocycles. The molecule has 2 aromatic rings. The first-order valence-corrected chi connectivity index (χ1v) is 10.9. The van der Waals surface area contributed by atoms with Crippen molar-refractivity contribution in [3.05, 3.63) is 53.6 Å². The molecule has 0 unspecified atom stereocenters. The molecule has 4 rings (SSSR count). The average Bonchev–Trinajstić information content (AvgIpc) is 2.99. The van der Waals surface area contributed by atoms with Crippen molar-refractivity contribution in [2.24, 2.45) is 4.40 Å². The summed E-state index contributed by atoms with van der Waals surface area (Å²) in [6.45, 7) is 6.39. The lowest BCUT2D eigenvalue weighted by molar-refractivity contribution is 0.0981. The smallest absolute Gasteiger partial charge is 0.286 e. The fourth-order valence-electron chi connectivity index (χ4n) is 4.04. The monoisotopic (exact) mass is 397 g/mol. The van der Waals surface area contributed by atoms with Crippen molar-refractivity contribution >= 4 is 33.1 Å². The van der Waals surface area contributed by atoms with Crippen LogP contribution in [0, 0.1) is 0 Å². The number of rotatable bonds is 3. The van der Waals surface area contributed by atoms with Crippen molar-refractivity contribution < 1.29 is 13.2 Å². The Labute approximate surface area is 165 Å².